The molecule has 0 bridgehead atoms. The molecular formula is C34H32F5N5O3. The molecule has 2 saturated heterocycles. The van der Waals surface area contributed by atoms with E-state index in [1.54, 1.807) is 46.2 Å². The Kier molecular flexibility index (Phi) is 9.24. The Balaban J connectivity index is 1.06. The zero-order valence-electron chi connectivity index (χ0n) is 25.3. The summed E-state index contributed by atoms with van der Waals surface area (Å²) in [6.45, 7) is 2.50. The SMILES string of the molecule is O=C(Cc1ccc(N2CCN(C(=O)Cc3ccccc3F)CC2)nc1)c1oc(N2CCC(c3cccc(F)c3)CC2)nc1C(F)(F)F. The van der Waals surface area contributed by atoms with E-state index < -0.39 is 29.2 Å². The standard InChI is InChI=1S/C34H32F5N5O3/c35-26-6-3-5-24(19-26)23-10-12-44(13-11-23)33-41-32(34(37,38)39)31(47-33)28(45)18-22-8-9-29(40-21-22)42-14-16-43(17-15-42)30(46)20-25-4-1-2-7-27(25)36/h1-9,19,21,23H,10-18,20H2. The molecule has 0 unspecified atom stereocenters. The lowest BCUT2D eigenvalue weighted by atomic mass is 9.89. The van der Waals surface area contributed by atoms with Gasteiger partial charge in [0, 0.05) is 51.9 Å². The number of halogens is 5. The average molecular weight is 654 g/mol. The van der Waals surface area contributed by atoms with Crippen molar-refractivity contribution in [2.24, 2.45) is 0 Å². The van der Waals surface area contributed by atoms with Gasteiger partial charge in [0.05, 0.1) is 6.42 Å². The third-order valence-electron chi connectivity index (χ3n) is 8.65. The van der Waals surface area contributed by atoms with E-state index >= 15 is 0 Å². The highest BCUT2D eigenvalue weighted by atomic mass is 19.4. The molecule has 13 heteroatoms. The van der Waals surface area contributed by atoms with Crippen LogP contribution in [0.25, 0.3) is 0 Å². The van der Waals surface area contributed by atoms with Gasteiger partial charge in [-0.05, 0) is 59.7 Å². The monoisotopic (exact) mass is 653 g/mol. The molecule has 0 saturated carbocycles. The number of nitrogens with zero attached hydrogens (tertiary/aromatic N) is 5. The molecule has 2 aromatic heterocycles. The topological polar surface area (TPSA) is 82.8 Å². The Morgan fingerprint density at radius 2 is 1.60 bits per heavy atom. The first kappa shape index (κ1) is 32.1. The molecule has 2 aliphatic rings. The van der Waals surface area contributed by atoms with Crippen LogP contribution in [0.1, 0.15) is 51.7 Å². The first-order chi connectivity index (χ1) is 22.5. The van der Waals surface area contributed by atoms with E-state index in [2.05, 4.69) is 9.97 Å². The molecule has 0 aliphatic carbocycles. The van der Waals surface area contributed by atoms with E-state index in [0.717, 1.165) is 5.56 Å². The lowest BCUT2D eigenvalue weighted by molar-refractivity contribution is -0.141. The maximum atomic E-state index is 14.0. The largest absolute Gasteiger partial charge is 0.437 e. The van der Waals surface area contributed by atoms with Crippen molar-refractivity contribution in [1.82, 2.24) is 14.9 Å². The maximum absolute atomic E-state index is 14.0. The van der Waals surface area contributed by atoms with E-state index in [1.165, 1.54) is 24.4 Å². The number of hydrogen-bond acceptors (Lipinski definition) is 7. The first-order valence-corrected chi connectivity index (χ1v) is 15.4. The summed E-state index contributed by atoms with van der Waals surface area (Å²) in [7, 11) is 0. The highest BCUT2D eigenvalue weighted by Gasteiger charge is 2.42. The third kappa shape index (κ3) is 7.44. The third-order valence-corrected chi connectivity index (χ3v) is 8.65. The van der Waals surface area contributed by atoms with Gasteiger partial charge >= 0.3 is 6.18 Å². The minimum absolute atomic E-state index is 0.0224. The van der Waals surface area contributed by atoms with Crippen LogP contribution in [0.3, 0.4) is 0 Å². The van der Waals surface area contributed by atoms with E-state index in [0.29, 0.717) is 69.1 Å². The summed E-state index contributed by atoms with van der Waals surface area (Å²) in [5.74, 6) is -2.00. The van der Waals surface area contributed by atoms with Crippen LogP contribution in [0.5, 0.6) is 0 Å². The highest BCUT2D eigenvalue weighted by molar-refractivity contribution is 5.96. The maximum Gasteiger partial charge on any atom is 0.437 e. The molecule has 8 nitrogen and oxygen atoms in total. The quantitative estimate of drug-likeness (QED) is 0.169. The number of piperidine rings is 1. The fourth-order valence-electron chi connectivity index (χ4n) is 6.07. The van der Waals surface area contributed by atoms with Gasteiger partial charge in [-0.3, -0.25) is 9.59 Å². The van der Waals surface area contributed by atoms with Gasteiger partial charge in [0.1, 0.15) is 17.5 Å². The van der Waals surface area contributed by atoms with Crippen LogP contribution in [0.2, 0.25) is 0 Å². The molecular weight excluding hydrogens is 621 g/mol. The summed E-state index contributed by atoms with van der Waals surface area (Å²) in [6, 6.07) is 15.5. The molecule has 4 aromatic rings. The molecule has 2 aromatic carbocycles. The zero-order chi connectivity index (χ0) is 33.1. The fourth-order valence-corrected chi connectivity index (χ4v) is 6.07. The lowest BCUT2D eigenvalue weighted by Crippen LogP contribution is -2.49. The Morgan fingerprint density at radius 3 is 2.26 bits per heavy atom. The normalized spacial score (nSPS) is 16.1. The van der Waals surface area contributed by atoms with E-state index in [-0.39, 0.29) is 36.5 Å². The van der Waals surface area contributed by atoms with Gasteiger partial charge in [-0.2, -0.15) is 18.2 Å². The number of ketones is 1. The van der Waals surface area contributed by atoms with Crippen LogP contribution < -0.4 is 9.80 Å². The fraction of sp³-hybridized carbons (Fsp3) is 0.353. The molecule has 6 rings (SSSR count). The molecule has 1 amide bonds. The number of alkyl halides is 3. The minimum atomic E-state index is -4.90. The van der Waals surface area contributed by atoms with Gasteiger partial charge in [-0.25, -0.2) is 13.8 Å². The Labute approximate surface area is 267 Å². The number of hydrogen-bond donors (Lipinski definition) is 0. The number of carbonyl (C=O) groups is 2. The van der Waals surface area contributed by atoms with Crippen molar-refractivity contribution in [2.75, 3.05) is 49.1 Å². The zero-order valence-corrected chi connectivity index (χ0v) is 25.3. The molecule has 2 fully saturated rings. The highest BCUT2D eigenvalue weighted by Crippen LogP contribution is 2.37. The number of Topliss-reactive ketones (excluding diaryl/α,β-unsaturated/α-hetero) is 1. The van der Waals surface area contributed by atoms with Crippen molar-refractivity contribution in [3.05, 3.63) is 107 Å². The van der Waals surface area contributed by atoms with Crippen molar-refractivity contribution in [3.8, 4) is 0 Å². The Hall–Kier alpha value is -4.81. The number of amides is 1. The first-order valence-electron chi connectivity index (χ1n) is 15.4. The average Bonchev–Trinajstić information content (AvgIpc) is 3.53. The number of anilines is 2. The molecule has 4 heterocycles. The number of piperazine rings is 1. The van der Waals surface area contributed by atoms with Crippen molar-refractivity contribution in [1.29, 1.82) is 0 Å². The molecule has 0 N–H and O–H groups in total. The van der Waals surface area contributed by atoms with Crippen LogP contribution >= 0.6 is 0 Å². The van der Waals surface area contributed by atoms with E-state index in [4.69, 9.17) is 4.42 Å². The second-order valence-corrected chi connectivity index (χ2v) is 11.7. The van der Waals surface area contributed by atoms with Crippen molar-refractivity contribution < 1.29 is 36.0 Å². The van der Waals surface area contributed by atoms with E-state index in [1.807, 2.05) is 11.0 Å². The van der Waals surface area contributed by atoms with Crippen molar-refractivity contribution >= 4 is 23.5 Å². The van der Waals surface area contributed by atoms with Crippen LogP contribution in [-0.2, 0) is 23.8 Å². The molecule has 246 valence electrons. The predicted molar refractivity (Wildman–Crippen MR) is 163 cm³/mol. The molecule has 0 radical (unpaired) electrons. The van der Waals surface area contributed by atoms with Crippen molar-refractivity contribution in [3.63, 3.8) is 0 Å². The Morgan fingerprint density at radius 1 is 0.851 bits per heavy atom. The second kappa shape index (κ2) is 13.5. The van der Waals surface area contributed by atoms with Gasteiger partial charge in [0.2, 0.25) is 17.5 Å². The van der Waals surface area contributed by atoms with Gasteiger partial charge in [0.15, 0.2) is 5.69 Å². The summed E-state index contributed by atoms with van der Waals surface area (Å²) < 4.78 is 74.9. The minimum Gasteiger partial charge on any atom is -0.420 e. The number of aromatic nitrogens is 2. The lowest BCUT2D eigenvalue weighted by Gasteiger charge is -2.35. The van der Waals surface area contributed by atoms with Gasteiger partial charge < -0.3 is 19.1 Å². The number of rotatable bonds is 8. The summed E-state index contributed by atoms with van der Waals surface area (Å²) >= 11 is 0. The number of carbonyl (C=O) groups excluding carboxylic acids is 2. The molecule has 2 aliphatic heterocycles. The summed E-state index contributed by atoms with van der Waals surface area (Å²) in [5, 5.41) is 0. The van der Waals surface area contributed by atoms with Crippen LogP contribution in [0.4, 0.5) is 33.8 Å². The molecule has 47 heavy (non-hydrogen) atoms. The van der Waals surface area contributed by atoms with Gasteiger partial charge in [-0.1, -0.05) is 36.4 Å². The van der Waals surface area contributed by atoms with Crippen LogP contribution in [-0.4, -0.2) is 65.8 Å². The smallest absolute Gasteiger partial charge is 0.420 e. The summed E-state index contributed by atoms with van der Waals surface area (Å²) in [5.41, 5.74) is 0.214. The van der Waals surface area contributed by atoms with Crippen LogP contribution in [0, 0.1) is 11.6 Å². The number of oxazole rings is 1. The Bertz CT molecular complexity index is 1730. The summed E-state index contributed by atoms with van der Waals surface area (Å²) in [4.78, 5) is 39.1. The van der Waals surface area contributed by atoms with Crippen LogP contribution in [0.15, 0.2) is 71.3 Å². The summed E-state index contributed by atoms with van der Waals surface area (Å²) in [6.07, 6.45) is -2.73. The molecule has 0 atom stereocenters. The predicted octanol–water partition coefficient (Wildman–Crippen LogP) is 6.07. The molecule has 0 spiro atoms. The van der Waals surface area contributed by atoms with Gasteiger partial charge in [-0.15, -0.1) is 0 Å². The van der Waals surface area contributed by atoms with Gasteiger partial charge in [0.25, 0.3) is 6.01 Å². The number of pyridine rings is 1. The second-order valence-electron chi connectivity index (χ2n) is 11.7. The number of benzene rings is 2. The van der Waals surface area contributed by atoms with E-state index in [9.17, 15) is 31.5 Å². The van der Waals surface area contributed by atoms with Crippen molar-refractivity contribution in [2.45, 2.75) is 37.8 Å².